The topological polar surface area (TPSA) is 63.5 Å². The van der Waals surface area contributed by atoms with Crippen LogP contribution in [0.4, 0.5) is 0 Å². The van der Waals surface area contributed by atoms with E-state index in [0.717, 1.165) is 23.7 Å². The Balaban J connectivity index is 1.79. The summed E-state index contributed by atoms with van der Waals surface area (Å²) in [6.45, 7) is 6.30. The second-order valence-corrected chi connectivity index (χ2v) is 8.35. The molecule has 2 atom stereocenters. The van der Waals surface area contributed by atoms with E-state index in [2.05, 4.69) is 19.2 Å². The van der Waals surface area contributed by atoms with Crippen molar-refractivity contribution in [3.05, 3.63) is 35.0 Å². The van der Waals surface area contributed by atoms with Crippen molar-refractivity contribution in [1.82, 2.24) is 9.88 Å². The number of aromatic nitrogens is 1. The molecule has 0 spiro atoms. The third-order valence-electron chi connectivity index (χ3n) is 5.76. The first-order valence-electron chi connectivity index (χ1n) is 10.3. The van der Waals surface area contributed by atoms with Crippen LogP contribution in [0.2, 0.25) is 5.02 Å². The summed E-state index contributed by atoms with van der Waals surface area (Å²) < 4.78 is 7.29. The first-order valence-corrected chi connectivity index (χ1v) is 10.7. The Labute approximate surface area is 172 Å². The highest BCUT2D eigenvalue weighted by Crippen LogP contribution is 2.31. The van der Waals surface area contributed by atoms with Crippen LogP contribution in [0.15, 0.2) is 24.4 Å². The van der Waals surface area contributed by atoms with Gasteiger partial charge in [0, 0.05) is 31.2 Å². The number of halogens is 1. The van der Waals surface area contributed by atoms with Crippen molar-refractivity contribution in [1.29, 1.82) is 0 Å². The van der Waals surface area contributed by atoms with Gasteiger partial charge in [0.2, 0.25) is 0 Å². The molecular weight excluding hydrogens is 376 g/mol. The Kier molecular flexibility index (Phi) is 7.02. The first kappa shape index (κ1) is 21.2. The standard InChI is InChI=1S/C22H31ClN2O3/c1-3-6-16(4-2)9-11-24-21(26)17-13-25(14-22(27)10-12-28-15-22)19-8-5-7-18(23)20(17)19/h5,7-8,13,16,27H,3-4,6,9-12,14-15H2,1-2H3,(H,24,26). The lowest BCUT2D eigenvalue weighted by molar-refractivity contribution is 0.0128. The van der Waals surface area contributed by atoms with Crippen LogP contribution in [0.25, 0.3) is 10.9 Å². The lowest BCUT2D eigenvalue weighted by Crippen LogP contribution is -2.34. The molecule has 28 heavy (non-hydrogen) atoms. The quantitative estimate of drug-likeness (QED) is 0.649. The smallest absolute Gasteiger partial charge is 0.253 e. The van der Waals surface area contributed by atoms with E-state index < -0.39 is 5.60 Å². The van der Waals surface area contributed by atoms with Gasteiger partial charge in [0.25, 0.3) is 5.91 Å². The maximum absolute atomic E-state index is 12.9. The van der Waals surface area contributed by atoms with Crippen LogP contribution in [0.3, 0.4) is 0 Å². The number of hydrogen-bond donors (Lipinski definition) is 2. The average molecular weight is 407 g/mol. The van der Waals surface area contributed by atoms with Crippen molar-refractivity contribution < 1.29 is 14.6 Å². The van der Waals surface area contributed by atoms with Crippen molar-refractivity contribution in [3.8, 4) is 0 Å². The molecule has 0 radical (unpaired) electrons. The second kappa shape index (κ2) is 9.29. The molecule has 2 N–H and O–H groups in total. The Bertz CT molecular complexity index is 811. The number of fused-ring (bicyclic) bond motifs is 1. The number of nitrogens with zero attached hydrogens (tertiary/aromatic N) is 1. The molecular formula is C22H31ClN2O3. The van der Waals surface area contributed by atoms with Gasteiger partial charge >= 0.3 is 0 Å². The number of carbonyl (C=O) groups excluding carboxylic acids is 1. The number of carbonyl (C=O) groups is 1. The molecule has 1 aliphatic rings. The molecule has 1 aliphatic heterocycles. The zero-order chi connectivity index (χ0) is 20.1. The number of nitrogens with one attached hydrogen (secondary N) is 1. The van der Waals surface area contributed by atoms with Gasteiger partial charge < -0.3 is 19.7 Å². The van der Waals surface area contributed by atoms with Gasteiger partial charge in [0.1, 0.15) is 5.60 Å². The lowest BCUT2D eigenvalue weighted by Gasteiger charge is -2.21. The van der Waals surface area contributed by atoms with Gasteiger partial charge in [-0.2, -0.15) is 0 Å². The number of aliphatic hydroxyl groups is 1. The molecule has 0 saturated carbocycles. The Morgan fingerprint density at radius 2 is 2.21 bits per heavy atom. The molecule has 2 unspecified atom stereocenters. The van der Waals surface area contributed by atoms with Gasteiger partial charge in [-0.3, -0.25) is 4.79 Å². The van der Waals surface area contributed by atoms with Gasteiger partial charge in [0.05, 0.1) is 29.3 Å². The number of benzene rings is 1. The third kappa shape index (κ3) is 4.70. The molecule has 1 aromatic heterocycles. The molecule has 3 rings (SSSR count). The summed E-state index contributed by atoms with van der Waals surface area (Å²) in [5.74, 6) is 0.532. The van der Waals surface area contributed by atoms with Gasteiger partial charge in [-0.1, -0.05) is 50.8 Å². The van der Waals surface area contributed by atoms with Crippen LogP contribution < -0.4 is 5.32 Å². The lowest BCUT2D eigenvalue weighted by atomic mass is 9.97. The predicted octanol–water partition coefficient (Wildman–Crippen LogP) is 4.39. The Morgan fingerprint density at radius 3 is 2.89 bits per heavy atom. The van der Waals surface area contributed by atoms with Crippen molar-refractivity contribution >= 4 is 28.4 Å². The van der Waals surface area contributed by atoms with Gasteiger partial charge in [0.15, 0.2) is 0 Å². The normalized spacial score (nSPS) is 20.6. The molecule has 1 fully saturated rings. The summed E-state index contributed by atoms with van der Waals surface area (Å²) >= 11 is 6.44. The molecule has 0 aliphatic carbocycles. The highest BCUT2D eigenvalue weighted by Gasteiger charge is 2.33. The summed E-state index contributed by atoms with van der Waals surface area (Å²) in [4.78, 5) is 12.9. The summed E-state index contributed by atoms with van der Waals surface area (Å²) in [7, 11) is 0. The van der Waals surface area contributed by atoms with Crippen molar-refractivity contribution in [3.63, 3.8) is 0 Å². The fourth-order valence-corrected chi connectivity index (χ4v) is 4.37. The third-order valence-corrected chi connectivity index (χ3v) is 6.07. The number of hydrogen-bond acceptors (Lipinski definition) is 3. The zero-order valence-electron chi connectivity index (χ0n) is 16.8. The molecule has 6 heteroatoms. The minimum atomic E-state index is -0.906. The van der Waals surface area contributed by atoms with E-state index in [1.54, 1.807) is 6.07 Å². The fraction of sp³-hybridized carbons (Fsp3) is 0.591. The second-order valence-electron chi connectivity index (χ2n) is 7.94. The number of ether oxygens (including phenoxy) is 1. The van der Waals surface area contributed by atoms with Crippen LogP contribution in [-0.2, 0) is 11.3 Å². The summed E-state index contributed by atoms with van der Waals surface area (Å²) in [5, 5.41) is 15.1. The van der Waals surface area contributed by atoms with E-state index in [1.807, 2.05) is 22.9 Å². The molecule has 1 saturated heterocycles. The molecule has 2 heterocycles. The SMILES string of the molecule is CCCC(CC)CCNC(=O)c1cn(CC2(O)CCOC2)c2cccc(Cl)c12. The number of rotatable bonds is 9. The van der Waals surface area contributed by atoms with E-state index in [-0.39, 0.29) is 5.91 Å². The number of amides is 1. The predicted molar refractivity (Wildman–Crippen MR) is 113 cm³/mol. The van der Waals surface area contributed by atoms with Crippen molar-refractivity contribution in [2.75, 3.05) is 19.8 Å². The largest absolute Gasteiger partial charge is 0.386 e. The van der Waals surface area contributed by atoms with Crippen molar-refractivity contribution in [2.24, 2.45) is 5.92 Å². The summed E-state index contributed by atoms with van der Waals surface area (Å²) in [6, 6.07) is 5.60. The Morgan fingerprint density at radius 1 is 1.39 bits per heavy atom. The maximum Gasteiger partial charge on any atom is 0.253 e. The van der Waals surface area contributed by atoms with E-state index in [1.165, 1.54) is 12.8 Å². The highest BCUT2D eigenvalue weighted by atomic mass is 35.5. The molecule has 1 amide bonds. The minimum absolute atomic E-state index is 0.113. The maximum atomic E-state index is 12.9. The van der Waals surface area contributed by atoms with Crippen molar-refractivity contribution in [2.45, 2.75) is 58.1 Å². The van der Waals surface area contributed by atoms with E-state index in [0.29, 0.717) is 49.2 Å². The highest BCUT2D eigenvalue weighted by molar-refractivity contribution is 6.36. The zero-order valence-corrected chi connectivity index (χ0v) is 17.6. The first-order chi connectivity index (χ1) is 13.5. The van der Waals surface area contributed by atoms with E-state index >= 15 is 0 Å². The Hall–Kier alpha value is -1.56. The summed E-state index contributed by atoms with van der Waals surface area (Å²) in [5.41, 5.74) is 0.512. The average Bonchev–Trinajstić information content (AvgIpc) is 3.26. The monoisotopic (exact) mass is 406 g/mol. The fourth-order valence-electron chi connectivity index (χ4n) is 4.10. The van der Waals surface area contributed by atoms with Gasteiger partial charge in [-0.05, 0) is 24.5 Å². The minimum Gasteiger partial charge on any atom is -0.386 e. The van der Waals surface area contributed by atoms with Crippen LogP contribution in [0.5, 0.6) is 0 Å². The molecule has 1 aromatic carbocycles. The van der Waals surface area contributed by atoms with Crippen LogP contribution in [0, 0.1) is 5.92 Å². The molecule has 0 bridgehead atoms. The van der Waals surface area contributed by atoms with Crippen LogP contribution in [0.1, 0.15) is 56.3 Å². The van der Waals surface area contributed by atoms with Gasteiger partial charge in [-0.15, -0.1) is 0 Å². The summed E-state index contributed by atoms with van der Waals surface area (Å²) in [6.07, 6.45) is 6.88. The molecule has 2 aromatic rings. The van der Waals surface area contributed by atoms with E-state index in [4.69, 9.17) is 16.3 Å². The van der Waals surface area contributed by atoms with E-state index in [9.17, 15) is 9.90 Å². The molecule has 5 nitrogen and oxygen atoms in total. The van der Waals surface area contributed by atoms with Gasteiger partial charge in [-0.25, -0.2) is 0 Å². The molecule has 154 valence electrons. The van der Waals surface area contributed by atoms with Crippen LogP contribution in [-0.4, -0.2) is 40.9 Å². The van der Waals surface area contributed by atoms with Crippen LogP contribution >= 0.6 is 11.6 Å².